The van der Waals surface area contributed by atoms with Crippen LogP contribution in [-0.4, -0.2) is 28.5 Å². The van der Waals surface area contributed by atoms with Crippen molar-refractivity contribution in [3.63, 3.8) is 0 Å². The molecule has 0 saturated carbocycles. The number of fused-ring (bicyclic) bond motifs is 1. The third-order valence-corrected chi connectivity index (χ3v) is 3.99. The molecule has 1 amide bonds. The fourth-order valence-corrected chi connectivity index (χ4v) is 2.94. The molecular formula is C13H12BrNO2. The van der Waals surface area contributed by atoms with Gasteiger partial charge in [0, 0.05) is 16.6 Å². The van der Waals surface area contributed by atoms with Gasteiger partial charge in [-0.3, -0.25) is 4.79 Å². The van der Waals surface area contributed by atoms with Crippen LogP contribution >= 0.6 is 15.9 Å². The Hall–Kier alpha value is -1.29. The number of carbonyl (C=O) groups excluding carboxylic acids is 1. The molecule has 0 aliphatic carbocycles. The van der Waals surface area contributed by atoms with E-state index in [1.54, 1.807) is 4.90 Å². The maximum absolute atomic E-state index is 11.8. The predicted molar refractivity (Wildman–Crippen MR) is 68.4 cm³/mol. The first kappa shape index (κ1) is 10.8. The van der Waals surface area contributed by atoms with Crippen LogP contribution in [0.15, 0.2) is 34.5 Å². The summed E-state index contributed by atoms with van der Waals surface area (Å²) in [6.45, 7) is 0.758. The molecule has 2 heterocycles. The summed E-state index contributed by atoms with van der Waals surface area (Å²) < 4.78 is 0.994. The summed E-state index contributed by atoms with van der Waals surface area (Å²) >= 11 is 3.38. The standard InChI is InChI=1S/C13H12BrNO2/c14-9-5-3-8(4-6-9)11-10-2-1-7-15(10)13(17)12(11)16/h3-6,10,16H,1-2,7H2. The molecule has 1 saturated heterocycles. The van der Waals surface area contributed by atoms with Crippen molar-refractivity contribution in [2.75, 3.05) is 6.54 Å². The van der Waals surface area contributed by atoms with Gasteiger partial charge in [0.25, 0.3) is 5.91 Å². The number of hydrogen-bond donors (Lipinski definition) is 1. The lowest BCUT2D eigenvalue weighted by Gasteiger charge is -2.17. The molecule has 1 atom stereocenters. The van der Waals surface area contributed by atoms with Crippen LogP contribution in [0.3, 0.4) is 0 Å². The molecule has 3 rings (SSSR count). The minimum atomic E-state index is -0.217. The molecule has 0 bridgehead atoms. The second kappa shape index (κ2) is 3.88. The van der Waals surface area contributed by atoms with Gasteiger partial charge in [-0.1, -0.05) is 28.1 Å². The molecule has 1 aromatic rings. The number of aliphatic hydroxyl groups is 1. The molecule has 2 aliphatic rings. The van der Waals surface area contributed by atoms with E-state index in [2.05, 4.69) is 15.9 Å². The fourth-order valence-electron chi connectivity index (χ4n) is 2.68. The van der Waals surface area contributed by atoms with Gasteiger partial charge in [-0.2, -0.15) is 0 Å². The highest BCUT2D eigenvalue weighted by atomic mass is 79.9. The molecule has 1 N–H and O–H groups in total. The lowest BCUT2D eigenvalue weighted by molar-refractivity contribution is -0.128. The quantitative estimate of drug-likeness (QED) is 0.865. The van der Waals surface area contributed by atoms with Gasteiger partial charge in [-0.15, -0.1) is 0 Å². The molecule has 2 aliphatic heterocycles. The zero-order valence-corrected chi connectivity index (χ0v) is 10.8. The Morgan fingerprint density at radius 1 is 1.29 bits per heavy atom. The minimum absolute atomic E-state index is 0.0722. The van der Waals surface area contributed by atoms with E-state index in [0.717, 1.165) is 35.0 Å². The van der Waals surface area contributed by atoms with Crippen molar-refractivity contribution in [1.82, 2.24) is 4.90 Å². The lowest BCUT2D eigenvalue weighted by Crippen LogP contribution is -2.29. The van der Waals surface area contributed by atoms with Gasteiger partial charge in [0.2, 0.25) is 0 Å². The Balaban J connectivity index is 2.07. The van der Waals surface area contributed by atoms with Crippen molar-refractivity contribution < 1.29 is 9.90 Å². The number of nitrogens with zero attached hydrogens (tertiary/aromatic N) is 1. The van der Waals surface area contributed by atoms with Crippen LogP contribution in [0, 0.1) is 0 Å². The average Bonchev–Trinajstić information content (AvgIpc) is 2.87. The highest BCUT2D eigenvalue weighted by Gasteiger charge is 2.42. The highest BCUT2D eigenvalue weighted by Crippen LogP contribution is 2.38. The molecule has 4 heteroatoms. The van der Waals surface area contributed by atoms with Crippen molar-refractivity contribution in [2.24, 2.45) is 0 Å². The Bertz CT molecular complexity index is 507. The van der Waals surface area contributed by atoms with Crippen molar-refractivity contribution in [1.29, 1.82) is 0 Å². The SMILES string of the molecule is O=C1C(O)=C(c2ccc(Br)cc2)C2CCCN12. The van der Waals surface area contributed by atoms with Crippen LogP contribution in [0.2, 0.25) is 0 Å². The first-order valence-electron chi connectivity index (χ1n) is 5.68. The zero-order valence-electron chi connectivity index (χ0n) is 9.19. The molecule has 1 aromatic carbocycles. The van der Waals surface area contributed by atoms with Gasteiger partial charge in [0.15, 0.2) is 5.76 Å². The zero-order chi connectivity index (χ0) is 12.0. The number of amides is 1. The van der Waals surface area contributed by atoms with Crippen LogP contribution in [0.5, 0.6) is 0 Å². The average molecular weight is 294 g/mol. The summed E-state index contributed by atoms with van der Waals surface area (Å²) in [5, 5.41) is 9.96. The van der Waals surface area contributed by atoms with Crippen LogP contribution in [0.1, 0.15) is 18.4 Å². The number of hydrogen-bond acceptors (Lipinski definition) is 2. The molecule has 3 nitrogen and oxygen atoms in total. The van der Waals surface area contributed by atoms with Crippen molar-refractivity contribution in [3.05, 3.63) is 40.1 Å². The monoisotopic (exact) mass is 293 g/mol. The summed E-state index contributed by atoms with van der Waals surface area (Å²) in [7, 11) is 0. The molecule has 0 radical (unpaired) electrons. The van der Waals surface area contributed by atoms with Crippen LogP contribution in [0.4, 0.5) is 0 Å². The van der Waals surface area contributed by atoms with Gasteiger partial charge < -0.3 is 10.0 Å². The van der Waals surface area contributed by atoms with Gasteiger partial charge in [0.1, 0.15) is 0 Å². The smallest absolute Gasteiger partial charge is 0.289 e. The molecule has 1 fully saturated rings. The van der Waals surface area contributed by atoms with E-state index in [-0.39, 0.29) is 17.7 Å². The summed E-state index contributed by atoms with van der Waals surface area (Å²) in [5.74, 6) is -0.289. The second-order valence-electron chi connectivity index (χ2n) is 4.43. The number of aliphatic hydroxyl groups excluding tert-OH is 1. The summed E-state index contributed by atoms with van der Waals surface area (Å²) in [4.78, 5) is 13.6. The van der Waals surface area contributed by atoms with Crippen LogP contribution in [0.25, 0.3) is 5.57 Å². The first-order valence-corrected chi connectivity index (χ1v) is 6.48. The Labute approximate surface area is 108 Å². The lowest BCUT2D eigenvalue weighted by atomic mass is 9.98. The van der Waals surface area contributed by atoms with E-state index < -0.39 is 0 Å². The number of benzene rings is 1. The summed E-state index contributed by atoms with van der Waals surface area (Å²) in [6.07, 6.45) is 1.96. The highest BCUT2D eigenvalue weighted by molar-refractivity contribution is 9.10. The van der Waals surface area contributed by atoms with Crippen molar-refractivity contribution in [3.8, 4) is 0 Å². The minimum Gasteiger partial charge on any atom is -0.503 e. The number of halogens is 1. The topological polar surface area (TPSA) is 40.5 Å². The second-order valence-corrected chi connectivity index (χ2v) is 5.34. The third-order valence-electron chi connectivity index (χ3n) is 3.46. The third kappa shape index (κ3) is 1.59. The maximum atomic E-state index is 11.8. The van der Waals surface area contributed by atoms with E-state index >= 15 is 0 Å². The molecular weight excluding hydrogens is 282 g/mol. The molecule has 0 aromatic heterocycles. The summed E-state index contributed by atoms with van der Waals surface area (Å²) in [5.41, 5.74) is 1.73. The first-order chi connectivity index (χ1) is 8.18. The normalized spacial score (nSPS) is 23.5. The predicted octanol–water partition coefficient (Wildman–Crippen LogP) is 2.72. The Kier molecular flexibility index (Phi) is 2.47. The van der Waals surface area contributed by atoms with Gasteiger partial charge in [-0.05, 0) is 30.5 Å². The van der Waals surface area contributed by atoms with E-state index in [4.69, 9.17) is 0 Å². The van der Waals surface area contributed by atoms with E-state index in [1.807, 2.05) is 24.3 Å². The van der Waals surface area contributed by atoms with E-state index in [0.29, 0.717) is 0 Å². The van der Waals surface area contributed by atoms with Crippen LogP contribution in [-0.2, 0) is 4.79 Å². The van der Waals surface area contributed by atoms with Gasteiger partial charge in [-0.25, -0.2) is 0 Å². The molecule has 0 spiro atoms. The molecule has 17 heavy (non-hydrogen) atoms. The fraction of sp³-hybridized carbons (Fsp3) is 0.308. The van der Waals surface area contributed by atoms with E-state index in [9.17, 15) is 9.90 Å². The maximum Gasteiger partial charge on any atom is 0.289 e. The van der Waals surface area contributed by atoms with Gasteiger partial charge in [0.05, 0.1) is 6.04 Å². The van der Waals surface area contributed by atoms with Gasteiger partial charge >= 0.3 is 0 Å². The van der Waals surface area contributed by atoms with Crippen molar-refractivity contribution >= 4 is 27.4 Å². The van der Waals surface area contributed by atoms with E-state index in [1.165, 1.54) is 0 Å². The Morgan fingerprint density at radius 3 is 2.71 bits per heavy atom. The molecule has 88 valence electrons. The molecule has 1 unspecified atom stereocenters. The summed E-state index contributed by atoms with van der Waals surface area (Å²) in [6, 6.07) is 7.80. The van der Waals surface area contributed by atoms with Crippen LogP contribution < -0.4 is 0 Å². The number of rotatable bonds is 1. The number of carbonyl (C=O) groups is 1. The largest absolute Gasteiger partial charge is 0.503 e. The Morgan fingerprint density at radius 2 is 2.00 bits per heavy atom. The van der Waals surface area contributed by atoms with Crippen molar-refractivity contribution in [2.45, 2.75) is 18.9 Å².